The van der Waals surface area contributed by atoms with Gasteiger partial charge in [-0.05, 0) is 18.2 Å². The summed E-state index contributed by atoms with van der Waals surface area (Å²) in [6.45, 7) is 2.44. The molecular formula is C13H14ClN3O3. The maximum absolute atomic E-state index is 11.6. The van der Waals surface area contributed by atoms with Crippen LogP contribution in [0, 0.1) is 0 Å². The van der Waals surface area contributed by atoms with Gasteiger partial charge in [0.1, 0.15) is 0 Å². The molecule has 2 saturated heterocycles. The van der Waals surface area contributed by atoms with Crippen molar-refractivity contribution in [2.45, 2.75) is 6.04 Å². The molecule has 0 bridgehead atoms. The van der Waals surface area contributed by atoms with Crippen molar-refractivity contribution in [1.82, 2.24) is 10.2 Å². The predicted molar refractivity (Wildman–Crippen MR) is 74.5 cm³/mol. The average Bonchev–Trinajstić information content (AvgIpc) is 2.80. The van der Waals surface area contributed by atoms with E-state index in [4.69, 9.17) is 11.6 Å². The number of amides is 2. The van der Waals surface area contributed by atoms with Gasteiger partial charge in [0.15, 0.2) is 0 Å². The van der Waals surface area contributed by atoms with Crippen LogP contribution in [-0.2, 0) is 0 Å². The van der Waals surface area contributed by atoms with Crippen molar-refractivity contribution in [1.29, 1.82) is 0 Å². The summed E-state index contributed by atoms with van der Waals surface area (Å²) in [7, 11) is 0. The van der Waals surface area contributed by atoms with E-state index in [1.807, 2.05) is 4.90 Å². The maximum atomic E-state index is 11.6. The first kappa shape index (κ1) is 13.1. The molecule has 7 heteroatoms. The summed E-state index contributed by atoms with van der Waals surface area (Å²) in [5, 5.41) is 12.5. The first-order valence-electron chi connectivity index (χ1n) is 6.38. The maximum Gasteiger partial charge on any atom is 0.337 e. The lowest BCUT2D eigenvalue weighted by atomic mass is 10.1. The molecule has 2 N–H and O–H groups in total. The zero-order valence-corrected chi connectivity index (χ0v) is 11.4. The minimum absolute atomic E-state index is 0.0378. The number of fused-ring (bicyclic) bond motifs is 1. The molecule has 1 aromatic rings. The molecule has 2 aliphatic heterocycles. The number of halogens is 1. The number of piperazine rings is 1. The van der Waals surface area contributed by atoms with Crippen LogP contribution in [0.15, 0.2) is 18.2 Å². The highest BCUT2D eigenvalue weighted by molar-refractivity contribution is 6.31. The van der Waals surface area contributed by atoms with E-state index in [9.17, 15) is 14.7 Å². The van der Waals surface area contributed by atoms with Gasteiger partial charge in [0, 0.05) is 31.2 Å². The van der Waals surface area contributed by atoms with Crippen LogP contribution in [0.25, 0.3) is 0 Å². The third kappa shape index (κ3) is 2.16. The Morgan fingerprint density at radius 1 is 1.40 bits per heavy atom. The van der Waals surface area contributed by atoms with Gasteiger partial charge in [-0.1, -0.05) is 11.6 Å². The monoisotopic (exact) mass is 295 g/mol. The van der Waals surface area contributed by atoms with Crippen molar-refractivity contribution >= 4 is 29.3 Å². The molecule has 0 radical (unpaired) electrons. The van der Waals surface area contributed by atoms with Gasteiger partial charge in [0.2, 0.25) is 0 Å². The Labute approximate surface area is 120 Å². The quantitative estimate of drug-likeness (QED) is 0.861. The molecule has 6 nitrogen and oxygen atoms in total. The number of carbonyl (C=O) groups is 2. The highest BCUT2D eigenvalue weighted by Crippen LogP contribution is 2.27. The summed E-state index contributed by atoms with van der Waals surface area (Å²) in [5.41, 5.74) is 0.851. The second-order valence-corrected chi connectivity index (χ2v) is 5.38. The fourth-order valence-corrected chi connectivity index (χ4v) is 2.95. The lowest BCUT2D eigenvalue weighted by molar-refractivity contribution is 0.0697. The van der Waals surface area contributed by atoms with Gasteiger partial charge in [-0.2, -0.15) is 0 Å². The molecule has 1 atom stereocenters. The van der Waals surface area contributed by atoms with Crippen molar-refractivity contribution in [3.63, 3.8) is 0 Å². The molecule has 2 fully saturated rings. The van der Waals surface area contributed by atoms with Crippen LogP contribution < -0.4 is 10.2 Å². The highest BCUT2D eigenvalue weighted by Gasteiger charge is 2.36. The van der Waals surface area contributed by atoms with E-state index in [-0.39, 0.29) is 17.6 Å². The van der Waals surface area contributed by atoms with Crippen molar-refractivity contribution in [3.8, 4) is 0 Å². The van der Waals surface area contributed by atoms with E-state index in [1.54, 1.807) is 17.0 Å². The highest BCUT2D eigenvalue weighted by atomic mass is 35.5. The Morgan fingerprint density at radius 2 is 2.20 bits per heavy atom. The summed E-state index contributed by atoms with van der Waals surface area (Å²) in [6, 6.07) is 4.93. The standard InChI is InChI=1S/C13H14ClN3O3/c14-8-1-2-11(10(5-8)12(18)19)16-3-4-17-9(7-16)6-15-13(17)20/h1-2,5,9H,3-4,6-7H2,(H,15,20)(H,18,19). The fourth-order valence-electron chi connectivity index (χ4n) is 2.78. The number of benzene rings is 1. The first-order valence-corrected chi connectivity index (χ1v) is 6.76. The molecular weight excluding hydrogens is 282 g/mol. The van der Waals surface area contributed by atoms with Gasteiger partial charge in [-0.15, -0.1) is 0 Å². The predicted octanol–water partition coefficient (Wildman–Crippen LogP) is 1.25. The Bertz CT molecular complexity index is 578. The number of urea groups is 1. The number of hydrogen-bond acceptors (Lipinski definition) is 3. The lowest BCUT2D eigenvalue weighted by Gasteiger charge is -2.38. The summed E-state index contributed by atoms with van der Waals surface area (Å²) in [4.78, 5) is 26.7. The minimum Gasteiger partial charge on any atom is -0.478 e. The van der Waals surface area contributed by atoms with Gasteiger partial charge in [0.25, 0.3) is 0 Å². The van der Waals surface area contributed by atoms with Crippen LogP contribution in [0.5, 0.6) is 0 Å². The molecule has 0 aromatic heterocycles. The summed E-state index contributed by atoms with van der Waals surface area (Å²) < 4.78 is 0. The molecule has 3 rings (SSSR count). The van der Waals surface area contributed by atoms with E-state index in [1.165, 1.54) is 6.07 Å². The normalized spacial score (nSPS) is 21.6. The number of aromatic carboxylic acids is 1. The first-order chi connectivity index (χ1) is 9.56. The number of hydrogen-bond donors (Lipinski definition) is 2. The van der Waals surface area contributed by atoms with Crippen LogP contribution in [0.2, 0.25) is 5.02 Å². The SMILES string of the molecule is O=C(O)c1cc(Cl)ccc1N1CCN2C(=O)NCC2C1. The van der Waals surface area contributed by atoms with Crippen LogP contribution in [-0.4, -0.2) is 54.2 Å². The number of carboxylic acid groups (broad SMARTS) is 1. The zero-order chi connectivity index (χ0) is 14.3. The minimum atomic E-state index is -0.995. The third-order valence-corrected chi connectivity index (χ3v) is 4.00. The number of carboxylic acids is 1. The van der Waals surface area contributed by atoms with Crippen LogP contribution in [0.3, 0.4) is 0 Å². The van der Waals surface area contributed by atoms with Crippen molar-refractivity contribution in [2.24, 2.45) is 0 Å². The number of rotatable bonds is 2. The Balaban J connectivity index is 1.87. The van der Waals surface area contributed by atoms with Gasteiger partial charge in [0.05, 0.1) is 17.3 Å². The van der Waals surface area contributed by atoms with Crippen LogP contribution >= 0.6 is 11.6 Å². The molecule has 2 amide bonds. The van der Waals surface area contributed by atoms with Crippen LogP contribution in [0.4, 0.5) is 10.5 Å². The van der Waals surface area contributed by atoms with Gasteiger partial charge in [-0.3, -0.25) is 0 Å². The van der Waals surface area contributed by atoms with E-state index in [0.717, 1.165) is 0 Å². The van der Waals surface area contributed by atoms with Gasteiger partial charge < -0.3 is 20.2 Å². The molecule has 20 heavy (non-hydrogen) atoms. The number of carbonyl (C=O) groups excluding carboxylic acids is 1. The van der Waals surface area contributed by atoms with Crippen LogP contribution in [0.1, 0.15) is 10.4 Å². The Kier molecular flexibility index (Phi) is 3.17. The number of anilines is 1. The molecule has 1 aromatic carbocycles. The van der Waals surface area contributed by atoms with Crippen molar-refractivity contribution in [3.05, 3.63) is 28.8 Å². The Hall–Kier alpha value is -1.95. The summed E-state index contributed by atoms with van der Waals surface area (Å²) in [5.74, 6) is -0.995. The Morgan fingerprint density at radius 3 is 2.95 bits per heavy atom. The molecule has 2 aliphatic rings. The number of nitrogens with one attached hydrogen (secondary N) is 1. The molecule has 0 saturated carbocycles. The van der Waals surface area contributed by atoms with E-state index in [2.05, 4.69) is 5.32 Å². The van der Waals surface area contributed by atoms with Gasteiger partial charge in [-0.25, -0.2) is 9.59 Å². The molecule has 106 valence electrons. The molecule has 1 unspecified atom stereocenters. The smallest absolute Gasteiger partial charge is 0.337 e. The topological polar surface area (TPSA) is 72.9 Å². The summed E-state index contributed by atoms with van der Waals surface area (Å²) >= 11 is 5.86. The lowest BCUT2D eigenvalue weighted by Crippen LogP contribution is -2.52. The zero-order valence-electron chi connectivity index (χ0n) is 10.7. The molecule has 2 heterocycles. The second kappa shape index (κ2) is 4.86. The van der Waals surface area contributed by atoms with Gasteiger partial charge >= 0.3 is 12.0 Å². The average molecular weight is 296 g/mol. The molecule has 0 spiro atoms. The molecule has 0 aliphatic carbocycles. The number of nitrogens with zero attached hydrogens (tertiary/aromatic N) is 2. The second-order valence-electron chi connectivity index (χ2n) is 4.95. The fraction of sp³-hybridized carbons (Fsp3) is 0.385. The van der Waals surface area contributed by atoms with Crippen molar-refractivity contribution < 1.29 is 14.7 Å². The van der Waals surface area contributed by atoms with E-state index < -0.39 is 5.97 Å². The third-order valence-electron chi connectivity index (χ3n) is 3.76. The van der Waals surface area contributed by atoms with E-state index in [0.29, 0.717) is 36.9 Å². The van der Waals surface area contributed by atoms with E-state index >= 15 is 0 Å². The largest absolute Gasteiger partial charge is 0.478 e. The summed E-state index contributed by atoms with van der Waals surface area (Å²) in [6.07, 6.45) is 0. The van der Waals surface area contributed by atoms with Crippen molar-refractivity contribution in [2.75, 3.05) is 31.1 Å².